The highest BCUT2D eigenvalue weighted by Gasteiger charge is 2.38. The molecule has 0 saturated heterocycles. The first-order valence-electron chi connectivity index (χ1n) is 9.02. The first kappa shape index (κ1) is 16.5. The summed E-state index contributed by atoms with van der Waals surface area (Å²) >= 11 is 0. The molecule has 5 nitrogen and oxygen atoms in total. The van der Waals surface area contributed by atoms with E-state index < -0.39 is 0 Å². The van der Waals surface area contributed by atoms with Crippen LogP contribution in [0.25, 0.3) is 0 Å². The summed E-state index contributed by atoms with van der Waals surface area (Å²) in [6.07, 6.45) is 2.75. The van der Waals surface area contributed by atoms with Gasteiger partial charge in [0.2, 0.25) is 11.9 Å². The van der Waals surface area contributed by atoms with E-state index >= 15 is 0 Å². The molecule has 0 unspecified atom stereocenters. The number of carbonyl (C=O) groups excluding carboxylic acids is 1. The van der Waals surface area contributed by atoms with Crippen LogP contribution in [-0.2, 0) is 4.79 Å². The molecule has 0 bridgehead atoms. The third-order valence-electron chi connectivity index (χ3n) is 5.04. The van der Waals surface area contributed by atoms with E-state index in [1.54, 1.807) is 6.33 Å². The van der Waals surface area contributed by atoms with Crippen molar-refractivity contribution < 1.29 is 4.79 Å². The normalized spacial score (nSPS) is 19.2. The lowest BCUT2D eigenvalue weighted by molar-refractivity contribution is -0.119. The molecule has 0 saturated carbocycles. The maximum absolute atomic E-state index is 12.8. The van der Waals surface area contributed by atoms with Crippen molar-refractivity contribution in [1.29, 1.82) is 0 Å². The summed E-state index contributed by atoms with van der Waals surface area (Å²) in [7, 11) is 0. The number of fused-ring (bicyclic) bond motifs is 1. The number of aromatic nitrogens is 3. The fraction of sp³-hybridized carbons (Fsp3) is 0.286. The molecule has 0 radical (unpaired) electrons. The maximum Gasteiger partial charge on any atom is 0.231 e. The molecule has 3 aromatic rings. The van der Waals surface area contributed by atoms with E-state index in [-0.39, 0.29) is 18.0 Å². The first-order chi connectivity index (χ1) is 12.7. The fourth-order valence-corrected chi connectivity index (χ4v) is 3.67. The molecule has 4 rings (SSSR count). The maximum atomic E-state index is 12.8. The SMILES string of the molecule is CCC(=O)N1c2ncnn2[C@H](c2ccccc2)C[C@H]1c1ccc(C)cc1. The summed E-state index contributed by atoms with van der Waals surface area (Å²) in [6, 6.07) is 18.7. The monoisotopic (exact) mass is 346 g/mol. The van der Waals surface area contributed by atoms with Crippen LogP contribution in [-0.4, -0.2) is 20.7 Å². The van der Waals surface area contributed by atoms with Crippen molar-refractivity contribution in [2.24, 2.45) is 0 Å². The summed E-state index contributed by atoms with van der Waals surface area (Å²) in [5, 5.41) is 4.44. The molecule has 1 aromatic heterocycles. The summed E-state index contributed by atoms with van der Waals surface area (Å²) < 4.78 is 1.88. The van der Waals surface area contributed by atoms with Crippen LogP contribution < -0.4 is 4.90 Å². The predicted octanol–water partition coefficient (Wildman–Crippen LogP) is 4.06. The summed E-state index contributed by atoms with van der Waals surface area (Å²) in [5.74, 6) is 0.693. The molecule has 0 N–H and O–H groups in total. The lowest BCUT2D eigenvalue weighted by Gasteiger charge is -2.39. The van der Waals surface area contributed by atoms with Gasteiger partial charge in [0.05, 0.1) is 12.1 Å². The topological polar surface area (TPSA) is 51.0 Å². The molecule has 2 heterocycles. The van der Waals surface area contributed by atoms with Crippen molar-refractivity contribution in [2.75, 3.05) is 4.90 Å². The van der Waals surface area contributed by atoms with Gasteiger partial charge in [-0.25, -0.2) is 4.68 Å². The van der Waals surface area contributed by atoms with Crippen LogP contribution in [0, 0.1) is 6.92 Å². The molecule has 0 aliphatic carbocycles. The van der Waals surface area contributed by atoms with Crippen molar-refractivity contribution in [3.63, 3.8) is 0 Å². The molecule has 26 heavy (non-hydrogen) atoms. The van der Waals surface area contributed by atoms with Crippen LogP contribution in [0.15, 0.2) is 60.9 Å². The van der Waals surface area contributed by atoms with Crippen LogP contribution in [0.4, 0.5) is 5.95 Å². The number of anilines is 1. The third kappa shape index (κ3) is 2.79. The zero-order valence-corrected chi connectivity index (χ0v) is 15.0. The van der Waals surface area contributed by atoms with Gasteiger partial charge in [-0.3, -0.25) is 9.69 Å². The number of carbonyl (C=O) groups is 1. The van der Waals surface area contributed by atoms with E-state index in [9.17, 15) is 4.79 Å². The molecular weight excluding hydrogens is 324 g/mol. The van der Waals surface area contributed by atoms with Crippen LogP contribution in [0.1, 0.15) is 48.5 Å². The van der Waals surface area contributed by atoms with Gasteiger partial charge in [-0.05, 0) is 24.5 Å². The van der Waals surface area contributed by atoms with E-state index in [4.69, 9.17) is 0 Å². The lowest BCUT2D eigenvalue weighted by atomic mass is 9.91. The zero-order chi connectivity index (χ0) is 18.1. The Hall–Kier alpha value is -2.95. The second kappa shape index (κ2) is 6.75. The second-order valence-corrected chi connectivity index (χ2v) is 6.71. The molecule has 0 fully saturated rings. The highest BCUT2D eigenvalue weighted by molar-refractivity contribution is 5.92. The fourth-order valence-electron chi connectivity index (χ4n) is 3.67. The van der Waals surface area contributed by atoms with E-state index in [1.807, 2.05) is 34.7 Å². The van der Waals surface area contributed by atoms with Gasteiger partial charge in [-0.1, -0.05) is 67.1 Å². The Bertz CT molecular complexity index is 901. The lowest BCUT2D eigenvalue weighted by Crippen LogP contribution is -2.42. The smallest absolute Gasteiger partial charge is 0.231 e. The van der Waals surface area contributed by atoms with Crippen LogP contribution in [0.3, 0.4) is 0 Å². The van der Waals surface area contributed by atoms with Crippen molar-refractivity contribution in [3.8, 4) is 0 Å². The van der Waals surface area contributed by atoms with Gasteiger partial charge in [-0.2, -0.15) is 10.1 Å². The van der Waals surface area contributed by atoms with E-state index in [0.29, 0.717) is 12.4 Å². The largest absolute Gasteiger partial charge is 0.274 e. The van der Waals surface area contributed by atoms with Crippen LogP contribution in [0.2, 0.25) is 0 Å². The average molecular weight is 346 g/mol. The molecule has 0 spiro atoms. The molecule has 1 aliphatic heterocycles. The Morgan fingerprint density at radius 1 is 1.04 bits per heavy atom. The molecule has 5 heteroatoms. The number of aryl methyl sites for hydroxylation is 1. The van der Waals surface area contributed by atoms with Crippen molar-refractivity contribution >= 4 is 11.9 Å². The van der Waals surface area contributed by atoms with Gasteiger partial charge in [0.15, 0.2) is 0 Å². The Morgan fingerprint density at radius 2 is 1.73 bits per heavy atom. The minimum absolute atomic E-state index is 0.0510. The Kier molecular flexibility index (Phi) is 4.29. The van der Waals surface area contributed by atoms with Gasteiger partial charge in [-0.15, -0.1) is 0 Å². The predicted molar refractivity (Wildman–Crippen MR) is 101 cm³/mol. The van der Waals surface area contributed by atoms with Gasteiger partial charge < -0.3 is 0 Å². The molecule has 2 atom stereocenters. The number of hydrogen-bond acceptors (Lipinski definition) is 3. The number of benzene rings is 2. The van der Waals surface area contributed by atoms with E-state index in [0.717, 1.165) is 12.0 Å². The zero-order valence-electron chi connectivity index (χ0n) is 15.0. The number of hydrogen-bond donors (Lipinski definition) is 0. The van der Waals surface area contributed by atoms with Crippen LogP contribution >= 0.6 is 0 Å². The molecular formula is C21H22N4O. The van der Waals surface area contributed by atoms with Gasteiger partial charge >= 0.3 is 0 Å². The average Bonchev–Trinajstić information content (AvgIpc) is 3.17. The Morgan fingerprint density at radius 3 is 2.42 bits per heavy atom. The minimum atomic E-state index is -0.0510. The third-order valence-corrected chi connectivity index (χ3v) is 5.04. The highest BCUT2D eigenvalue weighted by Crippen LogP contribution is 2.41. The molecule has 1 aliphatic rings. The van der Waals surface area contributed by atoms with E-state index in [1.165, 1.54) is 11.1 Å². The standard InChI is InChI=1S/C21H22N4O/c1-3-20(26)24-18(17-11-9-15(2)10-12-17)13-19(16-7-5-4-6-8-16)25-21(24)22-14-23-25/h4-12,14,18-19H,3,13H2,1-2H3/t18-,19-/m0/s1. The number of amides is 1. The summed E-state index contributed by atoms with van der Waals surface area (Å²) in [4.78, 5) is 19.0. The summed E-state index contributed by atoms with van der Waals surface area (Å²) in [6.45, 7) is 3.96. The Balaban J connectivity index is 1.84. The van der Waals surface area contributed by atoms with Gasteiger partial charge in [0.25, 0.3) is 0 Å². The number of nitrogens with zero attached hydrogens (tertiary/aromatic N) is 4. The molecule has 132 valence electrons. The van der Waals surface area contributed by atoms with Crippen molar-refractivity contribution in [3.05, 3.63) is 77.6 Å². The second-order valence-electron chi connectivity index (χ2n) is 6.71. The van der Waals surface area contributed by atoms with Gasteiger partial charge in [0, 0.05) is 6.42 Å². The summed E-state index contributed by atoms with van der Waals surface area (Å²) in [5.41, 5.74) is 3.52. The van der Waals surface area contributed by atoms with Crippen molar-refractivity contribution in [1.82, 2.24) is 14.8 Å². The quantitative estimate of drug-likeness (QED) is 0.718. The van der Waals surface area contributed by atoms with Crippen molar-refractivity contribution in [2.45, 2.75) is 38.8 Å². The molecule has 2 aromatic carbocycles. The van der Waals surface area contributed by atoms with Gasteiger partial charge in [0.1, 0.15) is 6.33 Å². The highest BCUT2D eigenvalue weighted by atomic mass is 16.2. The number of rotatable bonds is 3. The Labute approximate surface area is 153 Å². The minimum Gasteiger partial charge on any atom is -0.274 e. The van der Waals surface area contributed by atoms with E-state index in [2.05, 4.69) is 53.4 Å². The molecule has 1 amide bonds. The van der Waals surface area contributed by atoms with Crippen LogP contribution in [0.5, 0.6) is 0 Å². The first-order valence-corrected chi connectivity index (χ1v) is 9.02.